The standard InChI is InChI=1S/C11H13F2NO/c12-11(13)15-9-5-3-8(4-6-9)10(14)7-1-2-7/h3-7,10-11H,1-2,14H2. The molecule has 0 aliphatic heterocycles. The van der Waals surface area contributed by atoms with Gasteiger partial charge in [-0.1, -0.05) is 12.1 Å². The van der Waals surface area contributed by atoms with Gasteiger partial charge in [0.2, 0.25) is 0 Å². The Morgan fingerprint density at radius 1 is 1.20 bits per heavy atom. The van der Waals surface area contributed by atoms with Crippen molar-refractivity contribution in [3.63, 3.8) is 0 Å². The molecule has 0 bridgehead atoms. The van der Waals surface area contributed by atoms with Gasteiger partial charge in [0, 0.05) is 6.04 Å². The predicted molar refractivity (Wildman–Crippen MR) is 52.7 cm³/mol. The Kier molecular flexibility index (Phi) is 2.86. The Balaban J connectivity index is 2.02. The van der Waals surface area contributed by atoms with E-state index in [1.165, 1.54) is 12.1 Å². The number of alkyl halides is 2. The van der Waals surface area contributed by atoms with Gasteiger partial charge in [-0.3, -0.25) is 0 Å². The van der Waals surface area contributed by atoms with Gasteiger partial charge in [-0.25, -0.2) is 0 Å². The SMILES string of the molecule is NC(c1ccc(OC(F)F)cc1)C1CC1. The van der Waals surface area contributed by atoms with Crippen LogP contribution in [0.4, 0.5) is 8.78 Å². The van der Waals surface area contributed by atoms with E-state index in [1.807, 2.05) is 0 Å². The fourth-order valence-electron chi connectivity index (χ4n) is 1.60. The molecule has 82 valence electrons. The van der Waals surface area contributed by atoms with Crippen molar-refractivity contribution in [3.05, 3.63) is 29.8 Å². The molecule has 2 nitrogen and oxygen atoms in total. The van der Waals surface area contributed by atoms with Crippen LogP contribution in [0.5, 0.6) is 5.75 Å². The summed E-state index contributed by atoms with van der Waals surface area (Å²) in [5, 5.41) is 0. The molecule has 4 heteroatoms. The smallest absolute Gasteiger partial charge is 0.387 e. The van der Waals surface area contributed by atoms with Crippen LogP contribution in [-0.2, 0) is 0 Å². The third kappa shape index (κ3) is 2.65. The maximum Gasteiger partial charge on any atom is 0.387 e. The summed E-state index contributed by atoms with van der Waals surface area (Å²) in [6, 6.07) is 6.60. The van der Waals surface area contributed by atoms with Crippen LogP contribution in [0.15, 0.2) is 24.3 Å². The highest BCUT2D eigenvalue weighted by atomic mass is 19.3. The lowest BCUT2D eigenvalue weighted by molar-refractivity contribution is -0.0498. The molecule has 0 aromatic heterocycles. The average molecular weight is 213 g/mol. The second kappa shape index (κ2) is 4.14. The van der Waals surface area contributed by atoms with Crippen LogP contribution in [-0.4, -0.2) is 6.61 Å². The van der Waals surface area contributed by atoms with Gasteiger partial charge in [-0.2, -0.15) is 8.78 Å². The summed E-state index contributed by atoms with van der Waals surface area (Å²) in [6.45, 7) is -2.77. The molecule has 0 spiro atoms. The number of hydrogen-bond donors (Lipinski definition) is 1. The number of nitrogens with two attached hydrogens (primary N) is 1. The molecule has 1 aliphatic rings. The number of benzene rings is 1. The third-order valence-corrected chi connectivity index (χ3v) is 2.62. The van der Waals surface area contributed by atoms with E-state index in [4.69, 9.17) is 5.73 Å². The zero-order chi connectivity index (χ0) is 10.8. The summed E-state index contributed by atoms with van der Waals surface area (Å²) < 4.78 is 28.0. The van der Waals surface area contributed by atoms with Crippen molar-refractivity contribution in [1.82, 2.24) is 0 Å². The first-order chi connectivity index (χ1) is 7.16. The minimum Gasteiger partial charge on any atom is -0.435 e. The summed E-state index contributed by atoms with van der Waals surface area (Å²) in [6.07, 6.45) is 2.33. The lowest BCUT2D eigenvalue weighted by atomic mass is 10.0. The van der Waals surface area contributed by atoms with Crippen molar-refractivity contribution in [2.75, 3.05) is 0 Å². The predicted octanol–water partition coefficient (Wildman–Crippen LogP) is 2.70. The molecule has 1 aromatic rings. The zero-order valence-electron chi connectivity index (χ0n) is 8.20. The maximum absolute atomic E-state index is 11.9. The van der Waals surface area contributed by atoms with Gasteiger partial charge < -0.3 is 10.5 Å². The zero-order valence-corrected chi connectivity index (χ0v) is 8.20. The first-order valence-electron chi connectivity index (χ1n) is 4.97. The molecule has 1 unspecified atom stereocenters. The minimum atomic E-state index is -2.77. The lowest BCUT2D eigenvalue weighted by Gasteiger charge is -2.11. The summed E-state index contributed by atoms with van der Waals surface area (Å²) in [4.78, 5) is 0. The molecule has 0 heterocycles. The molecule has 15 heavy (non-hydrogen) atoms. The minimum absolute atomic E-state index is 0.0330. The Morgan fingerprint density at radius 3 is 2.27 bits per heavy atom. The molecule has 2 N–H and O–H groups in total. The molecule has 1 saturated carbocycles. The molecule has 2 rings (SSSR count). The molecule has 0 saturated heterocycles. The first-order valence-corrected chi connectivity index (χ1v) is 4.97. The average Bonchev–Trinajstić information content (AvgIpc) is 3.00. The van der Waals surface area contributed by atoms with Gasteiger partial charge in [-0.15, -0.1) is 0 Å². The number of hydrogen-bond acceptors (Lipinski definition) is 2. The van der Waals surface area contributed by atoms with Crippen LogP contribution in [0.25, 0.3) is 0 Å². The van der Waals surface area contributed by atoms with Crippen molar-refractivity contribution >= 4 is 0 Å². The normalized spacial score (nSPS) is 17.9. The Hall–Kier alpha value is -1.16. The molecule has 1 fully saturated rings. The number of ether oxygens (including phenoxy) is 1. The van der Waals surface area contributed by atoms with Crippen molar-refractivity contribution in [3.8, 4) is 5.75 Å². The van der Waals surface area contributed by atoms with Crippen LogP contribution < -0.4 is 10.5 Å². The van der Waals surface area contributed by atoms with Gasteiger partial charge in [0.05, 0.1) is 0 Å². The third-order valence-electron chi connectivity index (χ3n) is 2.62. The van der Waals surface area contributed by atoms with E-state index in [0.29, 0.717) is 5.92 Å². The van der Waals surface area contributed by atoms with E-state index in [2.05, 4.69) is 4.74 Å². The van der Waals surface area contributed by atoms with Gasteiger partial charge in [0.25, 0.3) is 0 Å². The van der Waals surface area contributed by atoms with Crippen molar-refractivity contribution < 1.29 is 13.5 Å². The molecular weight excluding hydrogens is 200 g/mol. The second-order valence-corrected chi connectivity index (χ2v) is 3.81. The second-order valence-electron chi connectivity index (χ2n) is 3.81. The summed E-state index contributed by atoms with van der Waals surface area (Å²) in [7, 11) is 0. The highest BCUT2D eigenvalue weighted by molar-refractivity contribution is 5.29. The Bertz CT molecular complexity index is 322. The fraction of sp³-hybridized carbons (Fsp3) is 0.455. The van der Waals surface area contributed by atoms with Crippen LogP contribution >= 0.6 is 0 Å². The van der Waals surface area contributed by atoms with Crippen LogP contribution in [0.3, 0.4) is 0 Å². The summed E-state index contributed by atoms with van der Waals surface area (Å²) in [5.41, 5.74) is 6.95. The lowest BCUT2D eigenvalue weighted by Crippen LogP contribution is -2.12. The quantitative estimate of drug-likeness (QED) is 0.834. The largest absolute Gasteiger partial charge is 0.435 e. The highest BCUT2D eigenvalue weighted by Crippen LogP contribution is 2.39. The van der Waals surface area contributed by atoms with Crippen LogP contribution in [0.2, 0.25) is 0 Å². The van der Waals surface area contributed by atoms with Gasteiger partial charge >= 0.3 is 6.61 Å². The van der Waals surface area contributed by atoms with Crippen molar-refractivity contribution in [1.29, 1.82) is 0 Å². The Morgan fingerprint density at radius 2 is 1.80 bits per heavy atom. The molecule has 0 amide bonds. The van der Waals surface area contributed by atoms with Crippen LogP contribution in [0.1, 0.15) is 24.4 Å². The maximum atomic E-state index is 11.9. The van der Waals surface area contributed by atoms with Crippen molar-refractivity contribution in [2.45, 2.75) is 25.5 Å². The van der Waals surface area contributed by atoms with Gasteiger partial charge in [-0.05, 0) is 36.5 Å². The van der Waals surface area contributed by atoms with E-state index < -0.39 is 6.61 Å². The number of rotatable bonds is 4. The fourth-order valence-corrected chi connectivity index (χ4v) is 1.60. The molecule has 0 radical (unpaired) electrons. The summed E-state index contributed by atoms with van der Waals surface area (Å²) in [5.74, 6) is 0.739. The van der Waals surface area contributed by atoms with Gasteiger partial charge in [0.1, 0.15) is 5.75 Å². The topological polar surface area (TPSA) is 35.2 Å². The molecule has 1 atom stereocenters. The Labute approximate surface area is 87.0 Å². The van der Waals surface area contributed by atoms with E-state index in [9.17, 15) is 8.78 Å². The first kappa shape index (κ1) is 10.4. The van der Waals surface area contributed by atoms with Gasteiger partial charge in [0.15, 0.2) is 0 Å². The molecule has 1 aromatic carbocycles. The van der Waals surface area contributed by atoms with E-state index in [0.717, 1.165) is 18.4 Å². The van der Waals surface area contributed by atoms with Crippen LogP contribution in [0, 0.1) is 5.92 Å². The number of halogens is 2. The molecular formula is C11H13F2NO. The summed E-state index contributed by atoms with van der Waals surface area (Å²) >= 11 is 0. The van der Waals surface area contributed by atoms with E-state index >= 15 is 0 Å². The monoisotopic (exact) mass is 213 g/mol. The van der Waals surface area contributed by atoms with Crippen molar-refractivity contribution in [2.24, 2.45) is 11.7 Å². The van der Waals surface area contributed by atoms with E-state index in [1.54, 1.807) is 12.1 Å². The van der Waals surface area contributed by atoms with E-state index in [-0.39, 0.29) is 11.8 Å². The highest BCUT2D eigenvalue weighted by Gasteiger charge is 2.29. The molecule has 1 aliphatic carbocycles.